The van der Waals surface area contributed by atoms with Crippen molar-refractivity contribution in [1.82, 2.24) is 5.32 Å². The van der Waals surface area contributed by atoms with Crippen molar-refractivity contribution in [2.24, 2.45) is 0 Å². The molecule has 28 heavy (non-hydrogen) atoms. The number of carbonyl (C=O) groups excluding carboxylic acids is 1. The van der Waals surface area contributed by atoms with Crippen LogP contribution in [0.25, 0.3) is 0 Å². The highest BCUT2D eigenvalue weighted by Crippen LogP contribution is 2.26. The number of benzene rings is 2. The van der Waals surface area contributed by atoms with Gasteiger partial charge < -0.3 is 20.5 Å². The molecule has 0 spiro atoms. The summed E-state index contributed by atoms with van der Waals surface area (Å²) in [5.74, 6) is -0.740. The van der Waals surface area contributed by atoms with Crippen LogP contribution in [0.3, 0.4) is 0 Å². The van der Waals surface area contributed by atoms with Gasteiger partial charge in [0.15, 0.2) is 6.61 Å². The Hall–Kier alpha value is -2.25. The summed E-state index contributed by atoms with van der Waals surface area (Å²) in [7, 11) is 0. The molecule has 0 fully saturated rings. The number of amides is 1. The molecule has 0 unspecified atom stereocenters. The molecule has 2 aromatic rings. The lowest BCUT2D eigenvalue weighted by atomic mass is 10.1. The van der Waals surface area contributed by atoms with Crippen LogP contribution in [0.4, 0.5) is 5.69 Å². The molecule has 0 aromatic heterocycles. The minimum atomic E-state index is -1.09. The zero-order chi connectivity index (χ0) is 20.9. The van der Waals surface area contributed by atoms with E-state index in [1.165, 1.54) is 12.1 Å². The Morgan fingerprint density at radius 2 is 1.89 bits per heavy atom. The molecular weight excluding hydrogens is 448 g/mol. The van der Waals surface area contributed by atoms with Crippen LogP contribution >= 0.6 is 27.5 Å². The number of hydrogen-bond acceptors (Lipinski definition) is 4. The highest BCUT2D eigenvalue weighted by Gasteiger charge is 2.15. The maximum atomic E-state index is 12.0. The molecule has 0 heterocycles. The second-order valence-corrected chi connectivity index (χ2v) is 8.52. The number of halogens is 2. The minimum Gasteiger partial charge on any atom is -0.483 e. The Labute approximate surface area is 177 Å². The molecule has 3 N–H and O–H groups in total. The lowest BCUT2D eigenvalue weighted by Crippen LogP contribution is -2.43. The number of carboxylic acids is 1. The summed E-state index contributed by atoms with van der Waals surface area (Å²) < 4.78 is 6.54. The summed E-state index contributed by atoms with van der Waals surface area (Å²) in [4.78, 5) is 23.2. The molecule has 0 aliphatic heterocycles. The standard InChI is InChI=1S/C20H22BrClN2O4/c1-20(2,3)24-18(25)11-28-17-7-4-13(21)8-12(17)10-23-14-5-6-16(22)15(9-14)19(26)27/h4-9,23H,10-11H2,1-3H3,(H,24,25)(H,26,27). The predicted octanol–water partition coefficient (Wildman–Crippen LogP) is 4.71. The predicted molar refractivity (Wildman–Crippen MR) is 113 cm³/mol. The number of ether oxygens (including phenoxy) is 1. The second-order valence-electron chi connectivity index (χ2n) is 7.19. The van der Waals surface area contributed by atoms with Crippen LogP contribution < -0.4 is 15.4 Å². The van der Waals surface area contributed by atoms with Gasteiger partial charge in [-0.15, -0.1) is 0 Å². The van der Waals surface area contributed by atoms with Crippen molar-refractivity contribution in [3.8, 4) is 5.75 Å². The van der Waals surface area contributed by atoms with Gasteiger partial charge in [-0.05, 0) is 57.2 Å². The molecule has 150 valence electrons. The fraction of sp³-hybridized carbons (Fsp3) is 0.300. The van der Waals surface area contributed by atoms with Crippen molar-refractivity contribution in [3.63, 3.8) is 0 Å². The van der Waals surface area contributed by atoms with Crippen LogP contribution in [0, 0.1) is 0 Å². The number of aromatic carboxylic acids is 1. The van der Waals surface area contributed by atoms with Crippen LogP contribution in [0.5, 0.6) is 5.75 Å². The summed E-state index contributed by atoms with van der Waals surface area (Å²) >= 11 is 9.32. The Balaban J connectivity index is 2.09. The first kappa shape index (κ1) is 22.0. The van der Waals surface area contributed by atoms with Crippen molar-refractivity contribution in [1.29, 1.82) is 0 Å². The van der Waals surface area contributed by atoms with Crippen LogP contribution in [-0.2, 0) is 11.3 Å². The number of carbonyl (C=O) groups is 2. The largest absolute Gasteiger partial charge is 0.483 e. The van der Waals surface area contributed by atoms with Gasteiger partial charge in [0.2, 0.25) is 0 Å². The van der Waals surface area contributed by atoms with Crippen molar-refractivity contribution >= 4 is 45.1 Å². The molecule has 1 amide bonds. The Bertz CT molecular complexity index is 881. The van der Waals surface area contributed by atoms with E-state index in [1.807, 2.05) is 32.9 Å². The summed E-state index contributed by atoms with van der Waals surface area (Å²) in [6.45, 7) is 5.97. The minimum absolute atomic E-state index is 0.0243. The topological polar surface area (TPSA) is 87.7 Å². The summed E-state index contributed by atoms with van der Waals surface area (Å²) in [6, 6.07) is 10.2. The van der Waals surface area contributed by atoms with Crippen molar-refractivity contribution in [2.45, 2.75) is 32.9 Å². The lowest BCUT2D eigenvalue weighted by molar-refractivity contribution is -0.124. The number of carboxylic acid groups (broad SMARTS) is 1. The van der Waals surface area contributed by atoms with Gasteiger partial charge in [0, 0.05) is 27.8 Å². The Morgan fingerprint density at radius 3 is 2.54 bits per heavy atom. The summed E-state index contributed by atoms with van der Waals surface area (Å²) in [5, 5.41) is 15.4. The van der Waals surface area contributed by atoms with Crippen molar-refractivity contribution in [2.75, 3.05) is 11.9 Å². The Morgan fingerprint density at radius 1 is 1.18 bits per heavy atom. The van der Waals surface area contributed by atoms with Crippen LogP contribution in [0.15, 0.2) is 40.9 Å². The molecule has 6 nitrogen and oxygen atoms in total. The van der Waals surface area contributed by atoms with Crippen LogP contribution in [-0.4, -0.2) is 29.1 Å². The van der Waals surface area contributed by atoms with E-state index in [-0.39, 0.29) is 28.6 Å². The van der Waals surface area contributed by atoms with Gasteiger partial charge in [-0.3, -0.25) is 4.79 Å². The zero-order valence-electron chi connectivity index (χ0n) is 15.8. The van der Waals surface area contributed by atoms with E-state index in [4.69, 9.17) is 16.3 Å². The average molecular weight is 470 g/mol. The number of nitrogens with one attached hydrogen (secondary N) is 2. The lowest BCUT2D eigenvalue weighted by Gasteiger charge is -2.21. The molecule has 0 bridgehead atoms. The molecular formula is C20H22BrClN2O4. The molecule has 0 aliphatic rings. The maximum absolute atomic E-state index is 12.0. The van der Waals surface area contributed by atoms with Crippen molar-refractivity contribution < 1.29 is 19.4 Å². The first-order chi connectivity index (χ1) is 13.0. The highest BCUT2D eigenvalue weighted by molar-refractivity contribution is 9.10. The second kappa shape index (κ2) is 9.30. The van der Waals surface area contributed by atoms with E-state index in [9.17, 15) is 14.7 Å². The smallest absolute Gasteiger partial charge is 0.337 e. The van der Waals surface area contributed by atoms with Crippen LogP contribution in [0.2, 0.25) is 5.02 Å². The fourth-order valence-corrected chi connectivity index (χ4v) is 3.03. The normalized spacial score (nSPS) is 11.0. The third kappa shape index (κ3) is 6.73. The van der Waals surface area contributed by atoms with Gasteiger partial charge in [-0.1, -0.05) is 27.5 Å². The number of rotatable bonds is 7. The van der Waals surface area contributed by atoms with Gasteiger partial charge >= 0.3 is 5.97 Å². The first-order valence-electron chi connectivity index (χ1n) is 8.54. The molecule has 2 rings (SSSR count). The molecule has 0 saturated carbocycles. The van der Waals surface area contributed by atoms with Crippen LogP contribution in [0.1, 0.15) is 36.7 Å². The van der Waals surface area contributed by atoms with E-state index in [2.05, 4.69) is 26.6 Å². The Kier molecular flexibility index (Phi) is 7.32. The average Bonchev–Trinajstić information content (AvgIpc) is 2.58. The molecule has 0 radical (unpaired) electrons. The van der Waals surface area contributed by atoms with E-state index in [0.717, 1.165) is 10.0 Å². The molecule has 0 aliphatic carbocycles. The molecule has 8 heteroatoms. The van der Waals surface area contributed by atoms with Gasteiger partial charge in [-0.2, -0.15) is 0 Å². The number of hydrogen-bond donors (Lipinski definition) is 3. The first-order valence-corrected chi connectivity index (χ1v) is 9.71. The highest BCUT2D eigenvalue weighted by atomic mass is 79.9. The quantitative estimate of drug-likeness (QED) is 0.547. The van der Waals surface area contributed by atoms with Gasteiger partial charge in [0.1, 0.15) is 5.75 Å². The summed E-state index contributed by atoms with van der Waals surface area (Å²) in [5.41, 5.74) is 1.11. The van der Waals surface area contributed by atoms with E-state index < -0.39 is 5.97 Å². The SMILES string of the molecule is CC(C)(C)NC(=O)COc1ccc(Br)cc1CNc1ccc(Cl)c(C(=O)O)c1. The molecule has 0 atom stereocenters. The van der Waals surface area contributed by atoms with Gasteiger partial charge in [0.05, 0.1) is 10.6 Å². The van der Waals surface area contributed by atoms with E-state index >= 15 is 0 Å². The van der Waals surface area contributed by atoms with Crippen molar-refractivity contribution in [3.05, 3.63) is 57.0 Å². The monoisotopic (exact) mass is 468 g/mol. The number of anilines is 1. The summed E-state index contributed by atoms with van der Waals surface area (Å²) in [6.07, 6.45) is 0. The van der Waals surface area contributed by atoms with E-state index in [0.29, 0.717) is 18.0 Å². The van der Waals surface area contributed by atoms with Gasteiger partial charge in [0.25, 0.3) is 5.91 Å². The third-order valence-electron chi connectivity index (χ3n) is 3.58. The molecule has 0 saturated heterocycles. The zero-order valence-corrected chi connectivity index (χ0v) is 18.1. The fourth-order valence-electron chi connectivity index (χ4n) is 2.42. The van der Waals surface area contributed by atoms with E-state index in [1.54, 1.807) is 12.1 Å². The maximum Gasteiger partial charge on any atom is 0.337 e. The third-order valence-corrected chi connectivity index (χ3v) is 4.40. The molecule has 2 aromatic carbocycles. The van der Waals surface area contributed by atoms with Gasteiger partial charge in [-0.25, -0.2) is 4.79 Å².